The van der Waals surface area contributed by atoms with E-state index < -0.39 is 0 Å². The molecule has 0 radical (unpaired) electrons. The molecule has 0 amide bonds. The lowest BCUT2D eigenvalue weighted by atomic mass is 9.85. The van der Waals surface area contributed by atoms with Gasteiger partial charge in [-0.05, 0) is 37.3 Å². The van der Waals surface area contributed by atoms with Gasteiger partial charge in [0, 0.05) is 11.6 Å². The largest absolute Gasteiger partial charge is 0.497 e. The highest BCUT2D eigenvalue weighted by Crippen LogP contribution is 2.31. The Hall–Kier alpha value is -1.91. The number of amidine groups is 1. The molecule has 5 nitrogen and oxygen atoms in total. The molecule has 0 spiro atoms. The van der Waals surface area contributed by atoms with Crippen molar-refractivity contribution in [3.63, 3.8) is 0 Å². The maximum atomic E-state index is 8.81. The fourth-order valence-electron chi connectivity index (χ4n) is 2.88. The van der Waals surface area contributed by atoms with Crippen molar-refractivity contribution in [3.05, 3.63) is 23.8 Å². The minimum atomic E-state index is 0.0498. The van der Waals surface area contributed by atoms with Gasteiger partial charge in [0.05, 0.1) is 13.2 Å². The SMILES string of the molecule is CCC1CCCC(Oc2cc(OC)cc(/C(N)=N/O)c2)C1. The molecule has 0 bridgehead atoms. The van der Waals surface area contributed by atoms with E-state index in [0.717, 1.165) is 18.8 Å². The van der Waals surface area contributed by atoms with Crippen LogP contribution >= 0.6 is 0 Å². The standard InChI is InChI=1S/C16H24N2O3/c1-3-11-5-4-6-13(7-11)21-15-9-12(16(17)18-19)8-14(10-15)20-2/h8-11,13,19H,3-7H2,1-2H3,(H2,17,18). The maximum absolute atomic E-state index is 8.81. The highest BCUT2D eigenvalue weighted by Gasteiger charge is 2.22. The first kappa shape index (κ1) is 15.5. The van der Waals surface area contributed by atoms with Gasteiger partial charge in [0.25, 0.3) is 0 Å². The number of methoxy groups -OCH3 is 1. The molecule has 21 heavy (non-hydrogen) atoms. The van der Waals surface area contributed by atoms with Gasteiger partial charge < -0.3 is 20.4 Å². The van der Waals surface area contributed by atoms with Gasteiger partial charge in [0.15, 0.2) is 5.84 Å². The maximum Gasteiger partial charge on any atom is 0.170 e. The van der Waals surface area contributed by atoms with E-state index in [1.807, 2.05) is 6.07 Å². The molecule has 1 aliphatic rings. The Bertz CT molecular complexity index is 502. The zero-order chi connectivity index (χ0) is 15.2. The molecule has 0 aliphatic heterocycles. The normalized spacial score (nSPS) is 22.9. The van der Waals surface area contributed by atoms with Crippen LogP contribution in [-0.4, -0.2) is 24.3 Å². The summed E-state index contributed by atoms with van der Waals surface area (Å²) in [5, 5.41) is 11.8. The van der Waals surface area contributed by atoms with Gasteiger partial charge in [-0.1, -0.05) is 24.9 Å². The number of ether oxygens (including phenoxy) is 2. The molecule has 1 saturated carbocycles. The minimum Gasteiger partial charge on any atom is -0.497 e. The van der Waals surface area contributed by atoms with Crippen molar-refractivity contribution in [2.45, 2.75) is 45.1 Å². The smallest absolute Gasteiger partial charge is 0.170 e. The quantitative estimate of drug-likeness (QED) is 0.378. The summed E-state index contributed by atoms with van der Waals surface area (Å²) in [6.45, 7) is 2.23. The van der Waals surface area contributed by atoms with Gasteiger partial charge in [-0.15, -0.1) is 0 Å². The third kappa shape index (κ3) is 4.03. The van der Waals surface area contributed by atoms with Crippen molar-refractivity contribution in [3.8, 4) is 11.5 Å². The van der Waals surface area contributed by atoms with E-state index in [0.29, 0.717) is 17.1 Å². The predicted octanol–water partition coefficient (Wildman–Crippen LogP) is 3.14. The van der Waals surface area contributed by atoms with Crippen molar-refractivity contribution >= 4 is 5.84 Å². The fourth-order valence-corrected chi connectivity index (χ4v) is 2.88. The molecular weight excluding hydrogens is 268 g/mol. The molecule has 2 rings (SSSR count). The molecule has 1 aliphatic carbocycles. The summed E-state index contributed by atoms with van der Waals surface area (Å²) in [6.07, 6.45) is 6.10. The summed E-state index contributed by atoms with van der Waals surface area (Å²) in [5.41, 5.74) is 6.24. The molecule has 2 atom stereocenters. The molecule has 0 saturated heterocycles. The molecule has 3 N–H and O–H groups in total. The Morgan fingerprint density at radius 2 is 2.10 bits per heavy atom. The van der Waals surface area contributed by atoms with Crippen LogP contribution in [0.4, 0.5) is 0 Å². The van der Waals surface area contributed by atoms with Crippen LogP contribution in [0.5, 0.6) is 11.5 Å². The predicted molar refractivity (Wildman–Crippen MR) is 82.2 cm³/mol. The third-order valence-electron chi connectivity index (χ3n) is 4.13. The van der Waals surface area contributed by atoms with Crippen LogP contribution in [0.2, 0.25) is 0 Å². The van der Waals surface area contributed by atoms with Crippen molar-refractivity contribution in [2.75, 3.05) is 7.11 Å². The van der Waals surface area contributed by atoms with Gasteiger partial charge in [-0.25, -0.2) is 0 Å². The highest BCUT2D eigenvalue weighted by atomic mass is 16.5. The first-order valence-electron chi connectivity index (χ1n) is 7.49. The van der Waals surface area contributed by atoms with E-state index in [-0.39, 0.29) is 11.9 Å². The Morgan fingerprint density at radius 3 is 2.76 bits per heavy atom. The van der Waals surface area contributed by atoms with Crippen LogP contribution in [0, 0.1) is 5.92 Å². The minimum absolute atomic E-state index is 0.0498. The lowest BCUT2D eigenvalue weighted by molar-refractivity contribution is 0.122. The molecule has 5 heteroatoms. The van der Waals surface area contributed by atoms with Gasteiger partial charge in [-0.3, -0.25) is 0 Å². The van der Waals surface area contributed by atoms with Gasteiger partial charge >= 0.3 is 0 Å². The van der Waals surface area contributed by atoms with Crippen LogP contribution in [0.25, 0.3) is 0 Å². The van der Waals surface area contributed by atoms with Crippen molar-refractivity contribution in [1.82, 2.24) is 0 Å². The molecule has 0 aromatic heterocycles. The number of benzene rings is 1. The van der Waals surface area contributed by atoms with Gasteiger partial charge in [0.2, 0.25) is 0 Å². The zero-order valence-corrected chi connectivity index (χ0v) is 12.7. The summed E-state index contributed by atoms with van der Waals surface area (Å²) in [6, 6.07) is 5.34. The lowest BCUT2D eigenvalue weighted by Crippen LogP contribution is -2.25. The third-order valence-corrected chi connectivity index (χ3v) is 4.13. The van der Waals surface area contributed by atoms with Crippen molar-refractivity contribution < 1.29 is 14.7 Å². The van der Waals surface area contributed by atoms with E-state index in [2.05, 4.69) is 12.1 Å². The zero-order valence-electron chi connectivity index (χ0n) is 12.7. The number of hydrogen-bond donors (Lipinski definition) is 2. The summed E-state index contributed by atoms with van der Waals surface area (Å²) in [7, 11) is 1.59. The molecule has 2 unspecified atom stereocenters. The number of nitrogens with two attached hydrogens (primary N) is 1. The average molecular weight is 292 g/mol. The molecule has 116 valence electrons. The van der Waals surface area contributed by atoms with Crippen molar-refractivity contribution in [2.24, 2.45) is 16.8 Å². The Morgan fingerprint density at radius 1 is 1.33 bits per heavy atom. The first-order chi connectivity index (χ1) is 10.2. The van der Waals surface area contributed by atoms with Crippen LogP contribution in [0.3, 0.4) is 0 Å². The second kappa shape index (κ2) is 7.20. The Labute approximate surface area is 125 Å². The molecule has 0 heterocycles. The van der Waals surface area contributed by atoms with E-state index in [1.54, 1.807) is 19.2 Å². The molecule has 1 fully saturated rings. The van der Waals surface area contributed by atoms with Gasteiger partial charge in [0.1, 0.15) is 11.5 Å². The summed E-state index contributed by atoms with van der Waals surface area (Å²) >= 11 is 0. The van der Waals surface area contributed by atoms with Crippen LogP contribution in [0.15, 0.2) is 23.4 Å². The fraction of sp³-hybridized carbons (Fsp3) is 0.562. The van der Waals surface area contributed by atoms with Crippen LogP contribution in [-0.2, 0) is 0 Å². The number of rotatable bonds is 5. The summed E-state index contributed by atoms with van der Waals surface area (Å²) < 4.78 is 11.3. The van der Waals surface area contributed by atoms with Crippen LogP contribution < -0.4 is 15.2 Å². The summed E-state index contributed by atoms with van der Waals surface area (Å²) in [5.74, 6) is 2.14. The van der Waals surface area contributed by atoms with E-state index in [4.69, 9.17) is 20.4 Å². The number of oxime groups is 1. The van der Waals surface area contributed by atoms with E-state index in [1.165, 1.54) is 19.3 Å². The molecular formula is C16H24N2O3. The topological polar surface area (TPSA) is 77.1 Å². The second-order valence-corrected chi connectivity index (χ2v) is 5.56. The highest BCUT2D eigenvalue weighted by molar-refractivity contribution is 5.97. The second-order valence-electron chi connectivity index (χ2n) is 5.56. The lowest BCUT2D eigenvalue weighted by Gasteiger charge is -2.29. The van der Waals surface area contributed by atoms with Gasteiger partial charge in [-0.2, -0.15) is 0 Å². The molecule has 1 aromatic carbocycles. The average Bonchev–Trinajstić information content (AvgIpc) is 2.53. The van der Waals surface area contributed by atoms with E-state index in [9.17, 15) is 0 Å². The van der Waals surface area contributed by atoms with E-state index >= 15 is 0 Å². The first-order valence-corrected chi connectivity index (χ1v) is 7.49. The Balaban J connectivity index is 2.15. The Kier molecular flexibility index (Phi) is 5.31. The monoisotopic (exact) mass is 292 g/mol. The number of hydrogen-bond acceptors (Lipinski definition) is 4. The van der Waals surface area contributed by atoms with Crippen molar-refractivity contribution in [1.29, 1.82) is 0 Å². The van der Waals surface area contributed by atoms with Crippen LogP contribution in [0.1, 0.15) is 44.6 Å². The summed E-state index contributed by atoms with van der Waals surface area (Å²) in [4.78, 5) is 0. The number of nitrogens with zero attached hydrogens (tertiary/aromatic N) is 1. The molecule has 1 aromatic rings.